The average Bonchev–Trinajstić information content (AvgIpc) is 2.98. The lowest BCUT2D eigenvalue weighted by atomic mass is 10.1. The van der Waals surface area contributed by atoms with E-state index in [0.717, 1.165) is 12.0 Å². The van der Waals surface area contributed by atoms with Crippen LogP contribution in [0.2, 0.25) is 5.02 Å². The predicted molar refractivity (Wildman–Crippen MR) is 114 cm³/mol. The molecule has 5 nitrogen and oxygen atoms in total. The number of nitrogens with zero attached hydrogens (tertiary/aromatic N) is 2. The fourth-order valence-corrected chi connectivity index (χ4v) is 3.65. The first-order chi connectivity index (χ1) is 14.0. The van der Waals surface area contributed by atoms with Gasteiger partial charge in [0, 0.05) is 38.2 Å². The predicted octanol–water partition coefficient (Wildman–Crippen LogP) is 4.18. The molecular weight excluding hydrogens is 388 g/mol. The number of carbonyl (C=O) groups excluding carboxylic acids is 2. The summed E-state index contributed by atoms with van der Waals surface area (Å²) in [6.07, 6.45) is 1.85. The van der Waals surface area contributed by atoms with Crippen LogP contribution in [-0.4, -0.2) is 54.4 Å². The van der Waals surface area contributed by atoms with Crippen LogP contribution in [0.5, 0.6) is 5.75 Å². The van der Waals surface area contributed by atoms with Crippen molar-refractivity contribution in [3.8, 4) is 5.75 Å². The molecule has 0 atom stereocenters. The number of ether oxygens (including phenoxy) is 1. The number of amides is 2. The van der Waals surface area contributed by atoms with Crippen molar-refractivity contribution >= 4 is 23.4 Å². The zero-order chi connectivity index (χ0) is 20.6. The number of hydrogen-bond donors (Lipinski definition) is 0. The first-order valence-electron chi connectivity index (χ1n) is 10.1. The van der Waals surface area contributed by atoms with E-state index in [2.05, 4.69) is 0 Å². The molecule has 0 aromatic heterocycles. The summed E-state index contributed by atoms with van der Waals surface area (Å²) in [6, 6.07) is 15.0. The summed E-state index contributed by atoms with van der Waals surface area (Å²) in [5.41, 5.74) is 1.78. The molecular formula is C23H27ClN2O3. The minimum Gasteiger partial charge on any atom is -0.492 e. The Morgan fingerprint density at radius 1 is 1.00 bits per heavy atom. The molecule has 0 bridgehead atoms. The number of para-hydroxylation sites is 1. The maximum Gasteiger partial charge on any atom is 0.253 e. The summed E-state index contributed by atoms with van der Waals surface area (Å²) in [4.78, 5) is 29.0. The van der Waals surface area contributed by atoms with Crippen LogP contribution in [-0.2, 0) is 4.79 Å². The highest BCUT2D eigenvalue weighted by molar-refractivity contribution is 6.32. The van der Waals surface area contributed by atoms with Crippen molar-refractivity contribution in [3.63, 3.8) is 0 Å². The van der Waals surface area contributed by atoms with Crippen molar-refractivity contribution in [2.75, 3.05) is 32.8 Å². The van der Waals surface area contributed by atoms with E-state index in [1.165, 1.54) is 0 Å². The molecule has 0 saturated carbocycles. The van der Waals surface area contributed by atoms with Gasteiger partial charge >= 0.3 is 0 Å². The fourth-order valence-electron chi connectivity index (χ4n) is 3.46. The summed E-state index contributed by atoms with van der Waals surface area (Å²) >= 11 is 6.07. The average molecular weight is 415 g/mol. The smallest absolute Gasteiger partial charge is 0.253 e. The van der Waals surface area contributed by atoms with Crippen LogP contribution in [0.25, 0.3) is 0 Å². The second-order valence-corrected chi connectivity index (χ2v) is 7.69. The largest absolute Gasteiger partial charge is 0.492 e. The zero-order valence-electron chi connectivity index (χ0n) is 16.8. The highest BCUT2D eigenvalue weighted by atomic mass is 35.5. The van der Waals surface area contributed by atoms with Crippen molar-refractivity contribution in [2.24, 2.45) is 0 Å². The molecule has 1 aliphatic rings. The number of benzene rings is 2. The Hall–Kier alpha value is -2.53. The molecule has 0 aliphatic carbocycles. The van der Waals surface area contributed by atoms with Gasteiger partial charge in [0.05, 0.1) is 11.6 Å². The third-order valence-electron chi connectivity index (χ3n) is 5.03. The van der Waals surface area contributed by atoms with Gasteiger partial charge in [-0.3, -0.25) is 9.59 Å². The number of carbonyl (C=O) groups is 2. The first-order valence-corrected chi connectivity index (χ1v) is 10.4. The molecule has 6 heteroatoms. The molecule has 29 heavy (non-hydrogen) atoms. The number of halogens is 1. The summed E-state index contributed by atoms with van der Waals surface area (Å²) in [7, 11) is 0. The number of rotatable bonds is 6. The highest BCUT2D eigenvalue weighted by Gasteiger charge is 2.22. The third kappa shape index (κ3) is 5.97. The third-order valence-corrected chi connectivity index (χ3v) is 5.34. The van der Waals surface area contributed by atoms with Crippen LogP contribution in [0, 0.1) is 6.92 Å². The standard InChI is InChI=1S/C23H27ClN2O3/c1-18-7-4-8-19(17-18)23(28)26-13-6-12-25(14-15-26)22(27)11-5-16-29-21-10-3-2-9-20(21)24/h2-4,7-10,17H,5-6,11-16H2,1H3. The second kappa shape index (κ2) is 10.3. The van der Waals surface area contributed by atoms with Gasteiger partial charge in [-0.2, -0.15) is 0 Å². The molecule has 0 unspecified atom stereocenters. The molecule has 1 fully saturated rings. The van der Waals surface area contributed by atoms with Gasteiger partial charge in [0.25, 0.3) is 5.91 Å². The van der Waals surface area contributed by atoms with Crippen molar-refractivity contribution in [3.05, 3.63) is 64.7 Å². The van der Waals surface area contributed by atoms with E-state index in [1.807, 2.05) is 59.2 Å². The Kier molecular flexibility index (Phi) is 7.53. The molecule has 2 aromatic carbocycles. The Morgan fingerprint density at radius 2 is 1.76 bits per heavy atom. The minimum atomic E-state index is 0.0381. The molecule has 0 spiro atoms. The van der Waals surface area contributed by atoms with Crippen molar-refractivity contribution < 1.29 is 14.3 Å². The molecule has 2 aromatic rings. The van der Waals surface area contributed by atoms with Gasteiger partial charge in [-0.1, -0.05) is 41.4 Å². The molecule has 0 radical (unpaired) electrons. The van der Waals surface area contributed by atoms with Crippen LogP contribution < -0.4 is 4.74 Å². The fraction of sp³-hybridized carbons (Fsp3) is 0.391. The van der Waals surface area contributed by atoms with Crippen LogP contribution in [0.1, 0.15) is 35.2 Å². The van der Waals surface area contributed by atoms with E-state index in [9.17, 15) is 9.59 Å². The summed E-state index contributed by atoms with van der Waals surface area (Å²) in [6.45, 7) is 4.92. The monoisotopic (exact) mass is 414 g/mol. The van der Waals surface area contributed by atoms with Gasteiger partial charge in [-0.25, -0.2) is 0 Å². The maximum atomic E-state index is 12.7. The van der Waals surface area contributed by atoms with Gasteiger partial charge in [-0.05, 0) is 44.0 Å². The van der Waals surface area contributed by atoms with Gasteiger partial charge < -0.3 is 14.5 Å². The molecule has 1 heterocycles. The van der Waals surface area contributed by atoms with Gasteiger partial charge in [0.1, 0.15) is 5.75 Å². The van der Waals surface area contributed by atoms with Crippen LogP contribution in [0.4, 0.5) is 0 Å². The zero-order valence-corrected chi connectivity index (χ0v) is 17.5. The number of hydrogen-bond acceptors (Lipinski definition) is 3. The van der Waals surface area contributed by atoms with Crippen molar-refractivity contribution in [1.29, 1.82) is 0 Å². The van der Waals surface area contributed by atoms with Gasteiger partial charge in [0.15, 0.2) is 0 Å². The molecule has 0 N–H and O–H groups in total. The SMILES string of the molecule is Cc1cccc(C(=O)N2CCCN(C(=O)CCCOc3ccccc3Cl)CC2)c1. The van der Waals surface area contributed by atoms with Crippen molar-refractivity contribution in [1.82, 2.24) is 9.80 Å². The second-order valence-electron chi connectivity index (χ2n) is 7.28. The van der Waals surface area contributed by atoms with E-state index in [1.54, 1.807) is 6.07 Å². The van der Waals surface area contributed by atoms with Crippen molar-refractivity contribution in [2.45, 2.75) is 26.2 Å². The van der Waals surface area contributed by atoms with E-state index >= 15 is 0 Å². The molecule has 3 rings (SSSR count). The normalized spacial score (nSPS) is 14.4. The van der Waals surface area contributed by atoms with E-state index in [-0.39, 0.29) is 11.8 Å². The summed E-state index contributed by atoms with van der Waals surface area (Å²) < 4.78 is 5.65. The Labute approximate surface area is 177 Å². The highest BCUT2D eigenvalue weighted by Crippen LogP contribution is 2.23. The molecule has 1 saturated heterocycles. The topological polar surface area (TPSA) is 49.9 Å². The lowest BCUT2D eigenvalue weighted by Gasteiger charge is -2.22. The lowest BCUT2D eigenvalue weighted by Crippen LogP contribution is -2.37. The minimum absolute atomic E-state index is 0.0381. The van der Waals surface area contributed by atoms with Crippen LogP contribution in [0.3, 0.4) is 0 Å². The van der Waals surface area contributed by atoms with Gasteiger partial charge in [-0.15, -0.1) is 0 Å². The van der Waals surface area contributed by atoms with Crippen LogP contribution >= 0.6 is 11.6 Å². The summed E-state index contributed by atoms with van der Waals surface area (Å²) in [5, 5.41) is 0.574. The van der Waals surface area contributed by atoms with E-state index in [0.29, 0.717) is 62.0 Å². The van der Waals surface area contributed by atoms with E-state index < -0.39 is 0 Å². The molecule has 2 amide bonds. The molecule has 154 valence electrons. The first kappa shape index (κ1) is 21.2. The lowest BCUT2D eigenvalue weighted by molar-refractivity contribution is -0.131. The Balaban J connectivity index is 1.44. The quantitative estimate of drug-likeness (QED) is 0.666. The van der Waals surface area contributed by atoms with E-state index in [4.69, 9.17) is 16.3 Å². The Morgan fingerprint density at radius 3 is 2.55 bits per heavy atom. The van der Waals surface area contributed by atoms with Gasteiger partial charge in [0.2, 0.25) is 5.91 Å². The molecule has 1 aliphatic heterocycles. The van der Waals surface area contributed by atoms with Crippen LogP contribution in [0.15, 0.2) is 48.5 Å². The number of aryl methyl sites for hydroxylation is 1. The maximum absolute atomic E-state index is 12.7. The Bertz CT molecular complexity index is 856. The summed E-state index contributed by atoms with van der Waals surface area (Å²) in [5.74, 6) is 0.787.